The average molecular weight is 297 g/mol. The molecule has 3 aromatic rings. The molecule has 0 aliphatic carbocycles. The van der Waals surface area contributed by atoms with Gasteiger partial charge in [-0.2, -0.15) is 0 Å². The number of ether oxygens (including phenoxy) is 1. The van der Waals surface area contributed by atoms with E-state index >= 15 is 0 Å². The molecular weight excluding hydrogens is 281 g/mol. The zero-order chi connectivity index (χ0) is 14.9. The third-order valence-electron chi connectivity index (χ3n) is 4.05. The van der Waals surface area contributed by atoms with Crippen molar-refractivity contribution in [2.45, 2.75) is 18.8 Å². The maximum atomic E-state index is 13.2. The van der Waals surface area contributed by atoms with E-state index in [0.29, 0.717) is 6.61 Å². The molecule has 1 unspecified atom stereocenters. The van der Waals surface area contributed by atoms with Crippen molar-refractivity contribution < 1.29 is 9.13 Å². The number of rotatable bonds is 2. The van der Waals surface area contributed by atoms with Gasteiger partial charge in [-0.15, -0.1) is 0 Å². The highest BCUT2D eigenvalue weighted by atomic mass is 19.1. The summed E-state index contributed by atoms with van der Waals surface area (Å²) in [5.74, 6) is 0.941. The Hall–Kier alpha value is -2.27. The number of hydrogen-bond acceptors (Lipinski definition) is 3. The fourth-order valence-corrected chi connectivity index (χ4v) is 2.99. The van der Waals surface area contributed by atoms with Gasteiger partial charge in [-0.1, -0.05) is 0 Å². The number of halogens is 1. The molecule has 0 amide bonds. The van der Waals surface area contributed by atoms with E-state index in [1.54, 1.807) is 18.3 Å². The minimum atomic E-state index is -0.247. The summed E-state index contributed by atoms with van der Waals surface area (Å²) in [4.78, 5) is 9.22. The number of benzene rings is 1. The minimum Gasteiger partial charge on any atom is -0.381 e. The Morgan fingerprint density at radius 3 is 2.82 bits per heavy atom. The SMILES string of the molecule is Fc1ccc(-n2c(C3CCCOC3)nc3cccnc32)cc1. The Morgan fingerprint density at radius 1 is 1.18 bits per heavy atom. The third kappa shape index (κ3) is 2.27. The molecule has 22 heavy (non-hydrogen) atoms. The molecule has 0 saturated carbocycles. The van der Waals surface area contributed by atoms with Gasteiger partial charge < -0.3 is 4.74 Å². The van der Waals surface area contributed by atoms with Crippen molar-refractivity contribution in [3.8, 4) is 5.69 Å². The second-order valence-electron chi connectivity index (χ2n) is 5.54. The summed E-state index contributed by atoms with van der Waals surface area (Å²) in [5, 5.41) is 0. The molecule has 0 bridgehead atoms. The zero-order valence-corrected chi connectivity index (χ0v) is 12.1. The van der Waals surface area contributed by atoms with Crippen molar-refractivity contribution in [3.63, 3.8) is 0 Å². The summed E-state index contributed by atoms with van der Waals surface area (Å²) in [6.07, 6.45) is 3.83. The molecule has 112 valence electrons. The minimum absolute atomic E-state index is 0.244. The van der Waals surface area contributed by atoms with Crippen LogP contribution in [0.25, 0.3) is 16.9 Å². The Bertz CT molecular complexity index is 791. The maximum Gasteiger partial charge on any atom is 0.164 e. The number of nitrogens with zero attached hydrogens (tertiary/aromatic N) is 3. The standard InChI is InChI=1S/C17H16FN3O/c18-13-5-7-14(8-6-13)21-16(12-3-2-10-22-11-12)20-15-4-1-9-19-17(15)21/h1,4-9,12H,2-3,10-11H2. The summed E-state index contributed by atoms with van der Waals surface area (Å²) < 4.78 is 20.9. The second kappa shape index (κ2) is 5.50. The van der Waals surface area contributed by atoms with Gasteiger partial charge in [0.25, 0.3) is 0 Å². The molecule has 1 fully saturated rings. The molecule has 0 spiro atoms. The van der Waals surface area contributed by atoms with Gasteiger partial charge in [0, 0.05) is 24.4 Å². The van der Waals surface area contributed by atoms with E-state index in [-0.39, 0.29) is 11.7 Å². The maximum absolute atomic E-state index is 13.2. The molecule has 1 saturated heterocycles. The molecule has 5 heteroatoms. The van der Waals surface area contributed by atoms with E-state index in [1.165, 1.54) is 12.1 Å². The first-order chi connectivity index (χ1) is 10.8. The topological polar surface area (TPSA) is 39.9 Å². The highest BCUT2D eigenvalue weighted by Crippen LogP contribution is 2.30. The fraction of sp³-hybridized carbons (Fsp3) is 0.294. The second-order valence-corrected chi connectivity index (χ2v) is 5.54. The normalized spacial score (nSPS) is 18.7. The molecule has 2 aromatic heterocycles. The summed E-state index contributed by atoms with van der Waals surface area (Å²) >= 11 is 0. The van der Waals surface area contributed by atoms with Gasteiger partial charge in [0.2, 0.25) is 0 Å². The molecular formula is C17H16FN3O. The highest BCUT2D eigenvalue weighted by molar-refractivity contribution is 5.74. The van der Waals surface area contributed by atoms with Gasteiger partial charge in [-0.3, -0.25) is 4.57 Å². The third-order valence-corrected chi connectivity index (χ3v) is 4.05. The van der Waals surface area contributed by atoms with Crippen LogP contribution in [0.3, 0.4) is 0 Å². The summed E-state index contributed by atoms with van der Waals surface area (Å²) in [6, 6.07) is 10.3. The Labute approximate surface area is 127 Å². The predicted octanol–water partition coefficient (Wildman–Crippen LogP) is 3.45. The van der Waals surface area contributed by atoms with Crippen LogP contribution in [-0.4, -0.2) is 27.7 Å². The lowest BCUT2D eigenvalue weighted by atomic mass is 10.0. The van der Waals surface area contributed by atoms with Crippen LogP contribution in [0.2, 0.25) is 0 Å². The van der Waals surface area contributed by atoms with Crippen LogP contribution in [0, 0.1) is 5.82 Å². The first-order valence-corrected chi connectivity index (χ1v) is 7.50. The van der Waals surface area contributed by atoms with Crippen LogP contribution in [0.5, 0.6) is 0 Å². The van der Waals surface area contributed by atoms with Gasteiger partial charge >= 0.3 is 0 Å². The lowest BCUT2D eigenvalue weighted by molar-refractivity contribution is 0.0778. The summed E-state index contributed by atoms with van der Waals surface area (Å²) in [7, 11) is 0. The molecule has 4 nitrogen and oxygen atoms in total. The first-order valence-electron chi connectivity index (χ1n) is 7.50. The van der Waals surface area contributed by atoms with E-state index < -0.39 is 0 Å². The smallest absolute Gasteiger partial charge is 0.164 e. The van der Waals surface area contributed by atoms with Crippen LogP contribution in [0.4, 0.5) is 4.39 Å². The van der Waals surface area contributed by atoms with Crippen LogP contribution < -0.4 is 0 Å². The molecule has 3 heterocycles. The molecule has 1 aliphatic rings. The first kappa shape index (κ1) is 13.4. The Balaban J connectivity index is 1.91. The number of fused-ring (bicyclic) bond motifs is 1. The van der Waals surface area contributed by atoms with Crippen molar-refractivity contribution in [3.05, 3.63) is 54.2 Å². The van der Waals surface area contributed by atoms with Gasteiger partial charge in [-0.05, 0) is 49.2 Å². The van der Waals surface area contributed by atoms with Gasteiger partial charge in [-0.25, -0.2) is 14.4 Å². The van der Waals surface area contributed by atoms with Crippen molar-refractivity contribution in [2.24, 2.45) is 0 Å². The van der Waals surface area contributed by atoms with Gasteiger partial charge in [0.15, 0.2) is 5.65 Å². The fourth-order valence-electron chi connectivity index (χ4n) is 2.99. The van der Waals surface area contributed by atoms with Crippen molar-refractivity contribution in [1.82, 2.24) is 14.5 Å². The average Bonchev–Trinajstić information content (AvgIpc) is 2.96. The van der Waals surface area contributed by atoms with E-state index in [9.17, 15) is 4.39 Å². The molecule has 0 N–H and O–H groups in total. The number of pyridine rings is 1. The Kier molecular flexibility index (Phi) is 3.35. The lowest BCUT2D eigenvalue weighted by Crippen LogP contribution is -2.19. The number of aromatic nitrogens is 3. The van der Waals surface area contributed by atoms with Crippen LogP contribution in [-0.2, 0) is 4.74 Å². The van der Waals surface area contributed by atoms with Crippen LogP contribution >= 0.6 is 0 Å². The summed E-state index contributed by atoms with van der Waals surface area (Å²) in [6.45, 7) is 1.48. The predicted molar refractivity (Wildman–Crippen MR) is 81.6 cm³/mol. The quantitative estimate of drug-likeness (QED) is 0.727. The van der Waals surface area contributed by atoms with Gasteiger partial charge in [0.1, 0.15) is 17.2 Å². The molecule has 1 aromatic carbocycles. The van der Waals surface area contributed by atoms with E-state index in [0.717, 1.165) is 42.1 Å². The summed E-state index contributed by atoms with van der Waals surface area (Å²) in [5.41, 5.74) is 2.53. The molecule has 4 rings (SSSR count). The lowest BCUT2D eigenvalue weighted by Gasteiger charge is -2.22. The molecule has 0 radical (unpaired) electrons. The zero-order valence-electron chi connectivity index (χ0n) is 12.1. The molecule has 1 aliphatic heterocycles. The van der Waals surface area contributed by atoms with E-state index in [4.69, 9.17) is 9.72 Å². The van der Waals surface area contributed by atoms with Crippen LogP contribution in [0.1, 0.15) is 24.6 Å². The van der Waals surface area contributed by atoms with Crippen molar-refractivity contribution in [1.29, 1.82) is 0 Å². The van der Waals surface area contributed by atoms with Crippen LogP contribution in [0.15, 0.2) is 42.6 Å². The van der Waals surface area contributed by atoms with Crippen molar-refractivity contribution >= 4 is 11.2 Å². The van der Waals surface area contributed by atoms with E-state index in [2.05, 4.69) is 4.98 Å². The Morgan fingerprint density at radius 2 is 2.05 bits per heavy atom. The van der Waals surface area contributed by atoms with E-state index in [1.807, 2.05) is 16.7 Å². The highest BCUT2D eigenvalue weighted by Gasteiger charge is 2.24. The number of hydrogen-bond donors (Lipinski definition) is 0. The number of imidazole rings is 1. The van der Waals surface area contributed by atoms with Gasteiger partial charge in [0.05, 0.1) is 6.61 Å². The van der Waals surface area contributed by atoms with Crippen molar-refractivity contribution in [2.75, 3.05) is 13.2 Å². The monoisotopic (exact) mass is 297 g/mol. The largest absolute Gasteiger partial charge is 0.381 e. The molecule has 1 atom stereocenters.